The minimum Gasteiger partial charge on any atom is -0.870 e. The van der Waals surface area contributed by atoms with Crippen molar-refractivity contribution in [3.8, 4) is 39.9 Å². The number of ether oxygens (including phenoxy) is 4. The highest BCUT2D eigenvalue weighted by Crippen LogP contribution is 2.39. The molecule has 1 aromatic heterocycles. The molecule has 0 aliphatic carbocycles. The topological polar surface area (TPSA) is 90.2 Å². The van der Waals surface area contributed by atoms with Gasteiger partial charge in [-0.25, -0.2) is 0 Å². The van der Waals surface area contributed by atoms with E-state index in [-0.39, 0.29) is 33.5 Å². The third-order valence-electron chi connectivity index (χ3n) is 4.05. The highest BCUT2D eigenvalue weighted by molar-refractivity contribution is 5.86. The summed E-state index contributed by atoms with van der Waals surface area (Å²) >= 11 is 0. The van der Waals surface area contributed by atoms with Crippen LogP contribution < -0.4 is 29.5 Å². The van der Waals surface area contributed by atoms with Crippen LogP contribution in [0.1, 0.15) is 0 Å². The lowest BCUT2D eigenvalue weighted by Gasteiger charge is -2.15. The second-order valence-electron chi connectivity index (χ2n) is 5.39. The number of hydrogen-bond donors (Lipinski definition) is 0. The monoisotopic (exact) mass is 357 g/mol. The second-order valence-corrected chi connectivity index (χ2v) is 5.39. The molecule has 0 fully saturated rings. The van der Waals surface area contributed by atoms with Crippen molar-refractivity contribution in [1.29, 1.82) is 0 Å². The first-order chi connectivity index (χ1) is 12.5. The minimum atomic E-state index is -0.361. The molecular weight excluding hydrogens is 340 g/mol. The van der Waals surface area contributed by atoms with Gasteiger partial charge in [-0.15, -0.1) is 0 Å². The van der Waals surface area contributed by atoms with E-state index in [1.54, 1.807) is 12.1 Å². The molecule has 0 aliphatic heterocycles. The Hall–Kier alpha value is -3.35. The van der Waals surface area contributed by atoms with Crippen molar-refractivity contribution in [2.24, 2.45) is 0 Å². The zero-order valence-electron chi connectivity index (χ0n) is 14.7. The summed E-state index contributed by atoms with van der Waals surface area (Å²) in [4.78, 5) is 13.0. The molecule has 1 heterocycles. The van der Waals surface area contributed by atoms with Crippen molar-refractivity contribution in [3.63, 3.8) is 0 Å². The van der Waals surface area contributed by atoms with E-state index in [9.17, 15) is 9.90 Å². The molecule has 0 atom stereocenters. The van der Waals surface area contributed by atoms with Crippen molar-refractivity contribution in [2.75, 3.05) is 28.4 Å². The zero-order valence-corrected chi connectivity index (χ0v) is 14.7. The fourth-order valence-electron chi connectivity index (χ4n) is 2.72. The Morgan fingerprint density at radius 2 is 1.38 bits per heavy atom. The lowest BCUT2D eigenvalue weighted by molar-refractivity contribution is -0.269. The molecule has 0 saturated carbocycles. The smallest absolute Gasteiger partial charge is 0.200 e. The largest absolute Gasteiger partial charge is 0.870 e. The molecule has 0 amide bonds. The van der Waals surface area contributed by atoms with Crippen LogP contribution >= 0.6 is 0 Å². The molecule has 136 valence electrons. The lowest BCUT2D eigenvalue weighted by atomic mass is 10.0. The Labute approximate surface area is 149 Å². The third kappa shape index (κ3) is 2.77. The van der Waals surface area contributed by atoms with Crippen molar-refractivity contribution in [3.05, 3.63) is 40.8 Å². The molecule has 7 heteroatoms. The van der Waals surface area contributed by atoms with Gasteiger partial charge in [0.05, 0.1) is 39.4 Å². The summed E-state index contributed by atoms with van der Waals surface area (Å²) in [6.07, 6.45) is 1.29. The maximum atomic E-state index is 13.0. The molecular formula is C19H17O7-. The van der Waals surface area contributed by atoms with Gasteiger partial charge in [0, 0.05) is 11.6 Å². The predicted molar refractivity (Wildman–Crippen MR) is 93.6 cm³/mol. The maximum Gasteiger partial charge on any atom is 0.200 e. The number of methoxy groups -OCH3 is 4. The number of benzene rings is 2. The quantitative estimate of drug-likeness (QED) is 0.693. The molecule has 0 spiro atoms. The van der Waals surface area contributed by atoms with Gasteiger partial charge in [0.2, 0.25) is 5.43 Å². The average Bonchev–Trinajstić information content (AvgIpc) is 2.67. The number of rotatable bonds is 5. The Morgan fingerprint density at radius 3 is 2.00 bits per heavy atom. The van der Waals surface area contributed by atoms with Gasteiger partial charge in [-0.05, 0) is 18.2 Å². The van der Waals surface area contributed by atoms with Crippen molar-refractivity contribution in [2.45, 2.75) is 0 Å². The zero-order chi connectivity index (χ0) is 18.8. The number of hydrogen-bond acceptors (Lipinski definition) is 7. The van der Waals surface area contributed by atoms with Gasteiger partial charge in [-0.3, -0.25) is 4.79 Å². The van der Waals surface area contributed by atoms with Crippen LogP contribution in [0.2, 0.25) is 0 Å². The Balaban J connectivity index is 2.30. The van der Waals surface area contributed by atoms with Crippen molar-refractivity contribution >= 4 is 11.0 Å². The Bertz CT molecular complexity index is 1020. The summed E-state index contributed by atoms with van der Waals surface area (Å²) in [6.45, 7) is 0. The van der Waals surface area contributed by atoms with E-state index in [1.807, 2.05) is 0 Å². The maximum absolute atomic E-state index is 13.0. The van der Waals surface area contributed by atoms with Crippen LogP contribution in [0, 0.1) is 0 Å². The third-order valence-corrected chi connectivity index (χ3v) is 4.05. The van der Waals surface area contributed by atoms with E-state index in [0.29, 0.717) is 22.8 Å². The van der Waals surface area contributed by atoms with Gasteiger partial charge in [-0.2, -0.15) is 0 Å². The molecule has 0 aliphatic rings. The van der Waals surface area contributed by atoms with E-state index < -0.39 is 0 Å². The SMILES string of the molecule is COc1cc2c(=O)c(-c3cc(OC)c(OC)cc3OC)coc2cc1[O-]. The fourth-order valence-corrected chi connectivity index (χ4v) is 2.72. The van der Waals surface area contributed by atoms with Crippen molar-refractivity contribution < 1.29 is 28.5 Å². The van der Waals surface area contributed by atoms with E-state index >= 15 is 0 Å². The molecule has 7 nitrogen and oxygen atoms in total. The minimum absolute atomic E-state index is 0.0706. The summed E-state index contributed by atoms with van der Waals surface area (Å²) in [5, 5.41) is 12.1. The molecule has 0 bridgehead atoms. The van der Waals surface area contributed by atoms with Crippen LogP contribution in [-0.2, 0) is 0 Å². The molecule has 0 N–H and O–H groups in total. The molecule has 3 aromatic rings. The fraction of sp³-hybridized carbons (Fsp3) is 0.211. The molecule has 0 unspecified atom stereocenters. The number of fused-ring (bicyclic) bond motifs is 1. The van der Waals surface area contributed by atoms with E-state index in [2.05, 4.69) is 0 Å². The molecule has 0 saturated heterocycles. The normalized spacial score (nSPS) is 10.6. The predicted octanol–water partition coefficient (Wildman–Crippen LogP) is 2.57. The second kappa shape index (κ2) is 6.87. The average molecular weight is 357 g/mol. The summed E-state index contributed by atoms with van der Waals surface area (Å²) in [5.74, 6) is 1.04. The first kappa shape index (κ1) is 17.5. The highest BCUT2D eigenvalue weighted by Gasteiger charge is 2.18. The van der Waals surface area contributed by atoms with Gasteiger partial charge < -0.3 is 28.5 Å². The van der Waals surface area contributed by atoms with E-state index in [4.69, 9.17) is 23.4 Å². The molecule has 26 heavy (non-hydrogen) atoms. The van der Waals surface area contributed by atoms with Crippen LogP contribution in [0.5, 0.6) is 28.7 Å². The molecule has 3 rings (SSSR count). The van der Waals surface area contributed by atoms with Gasteiger partial charge in [0.1, 0.15) is 23.3 Å². The van der Waals surface area contributed by atoms with Gasteiger partial charge in [-0.1, -0.05) is 5.75 Å². The van der Waals surface area contributed by atoms with E-state index in [1.165, 1.54) is 46.8 Å². The van der Waals surface area contributed by atoms with Gasteiger partial charge >= 0.3 is 0 Å². The summed E-state index contributed by atoms with van der Waals surface area (Å²) < 4.78 is 26.5. The Kier molecular flexibility index (Phi) is 4.62. The van der Waals surface area contributed by atoms with Crippen LogP contribution in [-0.4, -0.2) is 28.4 Å². The highest BCUT2D eigenvalue weighted by atomic mass is 16.5. The molecule has 2 aromatic carbocycles. The van der Waals surface area contributed by atoms with Crippen LogP contribution in [0.4, 0.5) is 0 Å². The summed E-state index contributed by atoms with van der Waals surface area (Å²) in [6, 6.07) is 5.86. The first-order valence-electron chi connectivity index (χ1n) is 7.65. The van der Waals surface area contributed by atoms with Crippen LogP contribution in [0.15, 0.2) is 39.7 Å². The lowest BCUT2D eigenvalue weighted by Crippen LogP contribution is -2.07. The van der Waals surface area contributed by atoms with Gasteiger partial charge in [0.15, 0.2) is 11.5 Å². The summed E-state index contributed by atoms with van der Waals surface area (Å²) in [7, 11) is 5.86. The van der Waals surface area contributed by atoms with E-state index in [0.717, 1.165) is 0 Å². The summed E-state index contributed by atoms with van der Waals surface area (Å²) in [5.41, 5.74) is 0.598. The standard InChI is InChI=1S/C19H18O7/c1-22-14-8-18(25-4)17(24-3)5-10(14)12-9-26-15-7-13(20)16(23-2)6-11(15)19(12)21/h5-9,20H,1-4H3/p-1. The van der Waals surface area contributed by atoms with Crippen molar-refractivity contribution in [1.82, 2.24) is 0 Å². The van der Waals surface area contributed by atoms with Gasteiger partial charge in [0.25, 0.3) is 0 Å². The first-order valence-corrected chi connectivity index (χ1v) is 7.65. The van der Waals surface area contributed by atoms with Crippen LogP contribution in [0.3, 0.4) is 0 Å². The molecule has 0 radical (unpaired) electrons. The van der Waals surface area contributed by atoms with Crippen LogP contribution in [0.25, 0.3) is 22.1 Å². The Morgan fingerprint density at radius 1 is 0.769 bits per heavy atom.